The first-order valence-electron chi connectivity index (χ1n) is 15.0. The van der Waals surface area contributed by atoms with Gasteiger partial charge in [-0.2, -0.15) is 0 Å². The summed E-state index contributed by atoms with van der Waals surface area (Å²) in [7, 11) is 0. The zero-order valence-corrected chi connectivity index (χ0v) is 24.9. The van der Waals surface area contributed by atoms with Gasteiger partial charge in [0.25, 0.3) is 0 Å². The Bertz CT molecular complexity index is 1440. The average Bonchev–Trinajstić information content (AvgIpc) is 2.98. The Morgan fingerprint density at radius 2 is 1.51 bits per heavy atom. The Kier molecular flexibility index (Phi) is 9.29. The number of anilines is 1. The molecule has 2 aliphatic carbocycles. The summed E-state index contributed by atoms with van der Waals surface area (Å²) in [6.07, 6.45) is 11.3. The number of esters is 1. The lowest BCUT2D eigenvalue weighted by atomic mass is 9.82. The van der Waals surface area contributed by atoms with Crippen LogP contribution in [-0.4, -0.2) is 23.6 Å². The van der Waals surface area contributed by atoms with Crippen LogP contribution in [-0.2, 0) is 4.74 Å². The molecule has 41 heavy (non-hydrogen) atoms. The number of carbonyl (C=O) groups is 3. The fourth-order valence-electron chi connectivity index (χ4n) is 6.06. The van der Waals surface area contributed by atoms with E-state index in [2.05, 4.69) is 6.92 Å². The van der Waals surface area contributed by atoms with Crippen molar-refractivity contribution in [2.45, 2.75) is 94.0 Å². The summed E-state index contributed by atoms with van der Waals surface area (Å²) >= 11 is 1.35. The third-order valence-corrected chi connectivity index (χ3v) is 9.50. The number of benzene rings is 3. The number of ketones is 2. The number of hydrogen-bond donors (Lipinski definition) is 1. The summed E-state index contributed by atoms with van der Waals surface area (Å²) in [6.45, 7) is 4.24. The molecule has 0 atom stereocenters. The number of ether oxygens (including phenoxy) is 1. The van der Waals surface area contributed by atoms with Crippen LogP contribution in [0.4, 0.5) is 5.69 Å². The van der Waals surface area contributed by atoms with E-state index in [1.165, 1.54) is 50.3 Å². The van der Waals surface area contributed by atoms with E-state index in [1.807, 2.05) is 31.2 Å². The summed E-state index contributed by atoms with van der Waals surface area (Å²) in [4.78, 5) is 42.3. The van der Waals surface area contributed by atoms with E-state index >= 15 is 0 Å². The van der Waals surface area contributed by atoms with E-state index in [9.17, 15) is 14.4 Å². The van der Waals surface area contributed by atoms with Crippen LogP contribution in [0.15, 0.2) is 64.4 Å². The highest BCUT2D eigenvalue weighted by atomic mass is 32.2. The van der Waals surface area contributed by atoms with Crippen molar-refractivity contribution in [1.82, 2.24) is 0 Å². The number of nitrogen functional groups attached to an aromatic ring is 1. The number of fused-ring (bicyclic) bond motifs is 2. The third kappa shape index (κ3) is 6.43. The van der Waals surface area contributed by atoms with Crippen molar-refractivity contribution in [3.8, 4) is 0 Å². The van der Waals surface area contributed by atoms with Crippen LogP contribution in [0.2, 0.25) is 0 Å². The number of nitrogens with two attached hydrogens (primary N) is 1. The van der Waals surface area contributed by atoms with Gasteiger partial charge in [-0.05, 0) is 56.7 Å². The summed E-state index contributed by atoms with van der Waals surface area (Å²) in [5.74, 6) is -0.434. The van der Waals surface area contributed by atoms with Gasteiger partial charge in [0.1, 0.15) is 6.10 Å². The second-order valence-electron chi connectivity index (χ2n) is 11.5. The number of aryl methyl sites for hydroxylation is 1. The van der Waals surface area contributed by atoms with Gasteiger partial charge in [-0.3, -0.25) is 9.59 Å². The smallest absolute Gasteiger partial charge is 0.340 e. The van der Waals surface area contributed by atoms with Gasteiger partial charge in [0.05, 0.1) is 16.8 Å². The Morgan fingerprint density at radius 3 is 2.17 bits per heavy atom. The second kappa shape index (κ2) is 13.1. The monoisotopic (exact) mass is 569 g/mol. The first kappa shape index (κ1) is 29.1. The lowest BCUT2D eigenvalue weighted by Crippen LogP contribution is -2.27. The molecule has 3 aromatic rings. The van der Waals surface area contributed by atoms with E-state index in [0.717, 1.165) is 36.1 Å². The van der Waals surface area contributed by atoms with Crippen LogP contribution in [0.1, 0.15) is 119 Å². The summed E-state index contributed by atoms with van der Waals surface area (Å²) in [6, 6.07) is 16.3. The molecule has 6 heteroatoms. The molecule has 5 nitrogen and oxygen atoms in total. The molecule has 2 N–H and O–H groups in total. The topological polar surface area (TPSA) is 86.5 Å². The zero-order chi connectivity index (χ0) is 28.9. The lowest BCUT2D eigenvalue weighted by Gasteiger charge is -2.29. The molecule has 0 heterocycles. The van der Waals surface area contributed by atoms with Gasteiger partial charge in [0.15, 0.2) is 11.6 Å². The van der Waals surface area contributed by atoms with Gasteiger partial charge >= 0.3 is 5.97 Å². The maximum absolute atomic E-state index is 13.7. The van der Waals surface area contributed by atoms with Crippen molar-refractivity contribution in [2.24, 2.45) is 5.92 Å². The molecule has 1 saturated carbocycles. The van der Waals surface area contributed by atoms with Crippen LogP contribution >= 0.6 is 11.8 Å². The fourth-order valence-corrected chi connectivity index (χ4v) is 7.06. The number of hydrogen-bond acceptors (Lipinski definition) is 6. The normalized spacial score (nSPS) is 18.1. The molecule has 0 saturated heterocycles. The average molecular weight is 570 g/mol. The molecule has 1 fully saturated rings. The summed E-state index contributed by atoms with van der Waals surface area (Å²) in [5.41, 5.74) is 8.84. The van der Waals surface area contributed by atoms with Gasteiger partial charge in [0, 0.05) is 26.5 Å². The molecule has 5 rings (SSSR count). The molecular weight excluding hydrogens is 530 g/mol. The molecule has 0 bridgehead atoms. The maximum atomic E-state index is 13.7. The lowest BCUT2D eigenvalue weighted by molar-refractivity contribution is 0.0161. The van der Waals surface area contributed by atoms with Crippen molar-refractivity contribution in [3.63, 3.8) is 0 Å². The first-order chi connectivity index (χ1) is 19.9. The van der Waals surface area contributed by atoms with Gasteiger partial charge in [-0.25, -0.2) is 4.79 Å². The quantitative estimate of drug-likeness (QED) is 0.117. The third-order valence-electron chi connectivity index (χ3n) is 8.45. The van der Waals surface area contributed by atoms with Crippen LogP contribution in [0.25, 0.3) is 0 Å². The molecule has 2 aliphatic rings. The van der Waals surface area contributed by atoms with Crippen LogP contribution < -0.4 is 5.73 Å². The number of rotatable bonds is 10. The minimum Gasteiger partial charge on any atom is -0.459 e. The molecule has 214 valence electrons. The first-order valence-corrected chi connectivity index (χ1v) is 15.8. The van der Waals surface area contributed by atoms with E-state index in [-0.39, 0.29) is 40.0 Å². The molecule has 0 amide bonds. The van der Waals surface area contributed by atoms with Crippen molar-refractivity contribution in [3.05, 3.63) is 88.0 Å². The van der Waals surface area contributed by atoms with E-state index in [1.54, 1.807) is 30.3 Å². The summed E-state index contributed by atoms with van der Waals surface area (Å²) < 4.78 is 5.98. The Hall–Kier alpha value is -3.38. The minimum absolute atomic E-state index is 0.0203. The van der Waals surface area contributed by atoms with Crippen LogP contribution in [0, 0.1) is 12.8 Å². The molecule has 0 aliphatic heterocycles. The Morgan fingerprint density at radius 1 is 0.878 bits per heavy atom. The standard InChI is InChI=1S/C35H39NO4S/c1-3-4-5-6-7-10-23-15-17-24(18-16-23)40-35(39)28-21-29(41-25-19-13-22(2)14-20-25)30-31(32(28)36)34(38)27-12-9-8-11-26(27)33(30)37/h8-9,11-14,19-21,23-24H,3-7,10,15-18,36H2,1-2H3. The van der Waals surface area contributed by atoms with Crippen LogP contribution in [0.3, 0.4) is 0 Å². The number of carbonyl (C=O) groups excluding carboxylic acids is 3. The van der Waals surface area contributed by atoms with Gasteiger partial charge in [0.2, 0.25) is 0 Å². The Labute approximate surface area is 247 Å². The van der Waals surface area contributed by atoms with E-state index in [0.29, 0.717) is 21.9 Å². The van der Waals surface area contributed by atoms with Crippen molar-refractivity contribution < 1.29 is 19.1 Å². The molecular formula is C35H39NO4S. The Balaban J connectivity index is 1.38. The van der Waals surface area contributed by atoms with Gasteiger partial charge in [-0.1, -0.05) is 99.2 Å². The molecule has 3 aromatic carbocycles. The van der Waals surface area contributed by atoms with E-state index in [4.69, 9.17) is 10.5 Å². The minimum atomic E-state index is -0.529. The van der Waals surface area contributed by atoms with Crippen LogP contribution in [0.5, 0.6) is 0 Å². The van der Waals surface area contributed by atoms with Gasteiger partial charge < -0.3 is 10.5 Å². The van der Waals surface area contributed by atoms with Crippen molar-refractivity contribution in [2.75, 3.05) is 5.73 Å². The largest absolute Gasteiger partial charge is 0.459 e. The van der Waals surface area contributed by atoms with Crippen molar-refractivity contribution in [1.29, 1.82) is 0 Å². The SMILES string of the molecule is CCCCCCCC1CCC(OC(=O)c2cc(Sc3ccc(C)cc3)c3c(c2N)C(=O)c2ccccc2C3=O)CC1. The van der Waals surface area contributed by atoms with Gasteiger partial charge in [-0.15, -0.1) is 0 Å². The predicted molar refractivity (Wildman–Crippen MR) is 164 cm³/mol. The predicted octanol–water partition coefficient (Wildman–Crippen LogP) is 8.58. The molecule has 0 aromatic heterocycles. The number of unbranched alkanes of at least 4 members (excludes halogenated alkanes) is 4. The summed E-state index contributed by atoms with van der Waals surface area (Å²) in [5, 5.41) is 0. The highest BCUT2D eigenvalue weighted by molar-refractivity contribution is 7.99. The maximum Gasteiger partial charge on any atom is 0.340 e. The second-order valence-corrected chi connectivity index (χ2v) is 12.6. The highest BCUT2D eigenvalue weighted by Crippen LogP contribution is 2.42. The molecule has 0 unspecified atom stereocenters. The molecule has 0 spiro atoms. The van der Waals surface area contributed by atoms with E-state index < -0.39 is 5.97 Å². The zero-order valence-electron chi connectivity index (χ0n) is 24.0. The van der Waals surface area contributed by atoms with Crippen molar-refractivity contribution >= 4 is 35.0 Å². The highest BCUT2D eigenvalue weighted by Gasteiger charge is 2.36. The molecule has 0 radical (unpaired) electrons. The fraction of sp³-hybridized carbons (Fsp3) is 0.400.